The van der Waals surface area contributed by atoms with Crippen LogP contribution in [0.4, 0.5) is 0 Å². The van der Waals surface area contributed by atoms with Gasteiger partial charge in [-0.1, -0.05) is 29.8 Å². The third-order valence-electron chi connectivity index (χ3n) is 3.90. The van der Waals surface area contributed by atoms with Gasteiger partial charge in [-0.25, -0.2) is 0 Å². The molecule has 1 aromatic rings. The average molecular weight is 325 g/mol. The molecule has 6 heteroatoms. The number of thioether (sulfide) groups is 1. The largest absolute Gasteiger partial charge is 0.341 e. The summed E-state index contributed by atoms with van der Waals surface area (Å²) in [7, 11) is 0. The van der Waals surface area contributed by atoms with E-state index in [0.717, 1.165) is 31.5 Å². The summed E-state index contributed by atoms with van der Waals surface area (Å²) in [4.78, 5) is 27.9. The Morgan fingerprint density at radius 1 is 1.29 bits per heavy atom. The molecule has 0 bridgehead atoms. The van der Waals surface area contributed by atoms with E-state index in [-0.39, 0.29) is 23.7 Å². The van der Waals surface area contributed by atoms with Gasteiger partial charge in [-0.2, -0.15) is 0 Å². The Labute approximate surface area is 133 Å². The third-order valence-corrected chi connectivity index (χ3v) is 5.49. The summed E-state index contributed by atoms with van der Waals surface area (Å²) in [6, 6.07) is 7.52. The van der Waals surface area contributed by atoms with Crippen LogP contribution >= 0.6 is 23.4 Å². The zero-order valence-electron chi connectivity index (χ0n) is 11.6. The highest BCUT2D eigenvalue weighted by Crippen LogP contribution is 2.41. The normalized spacial score (nSPS) is 22.1. The molecular formula is C15H17ClN2O2S. The van der Waals surface area contributed by atoms with Gasteiger partial charge in [0, 0.05) is 23.7 Å². The summed E-state index contributed by atoms with van der Waals surface area (Å²) in [6.07, 6.45) is 2.12. The summed E-state index contributed by atoms with van der Waals surface area (Å²) in [5.41, 5.74) is 0.907. The molecule has 2 heterocycles. The highest BCUT2D eigenvalue weighted by atomic mass is 35.5. The number of rotatable bonds is 3. The summed E-state index contributed by atoms with van der Waals surface area (Å²) in [6.45, 7) is 1.78. The topological polar surface area (TPSA) is 40.6 Å². The van der Waals surface area contributed by atoms with E-state index >= 15 is 0 Å². The molecule has 21 heavy (non-hydrogen) atoms. The molecule has 0 unspecified atom stereocenters. The molecular weight excluding hydrogens is 308 g/mol. The van der Waals surface area contributed by atoms with Gasteiger partial charge in [-0.05, 0) is 18.9 Å². The van der Waals surface area contributed by atoms with Gasteiger partial charge in [0.25, 0.3) is 0 Å². The van der Waals surface area contributed by atoms with Crippen molar-refractivity contribution in [3.8, 4) is 0 Å². The van der Waals surface area contributed by atoms with E-state index in [1.165, 1.54) is 11.8 Å². The predicted octanol–water partition coefficient (Wildman–Crippen LogP) is 2.54. The first-order valence-corrected chi connectivity index (χ1v) is 8.53. The van der Waals surface area contributed by atoms with Crippen LogP contribution in [0.3, 0.4) is 0 Å². The molecule has 0 aromatic heterocycles. The Hall–Kier alpha value is -1.20. The molecule has 1 aromatic carbocycles. The molecule has 0 N–H and O–H groups in total. The van der Waals surface area contributed by atoms with E-state index in [9.17, 15) is 9.59 Å². The second-order valence-corrected chi connectivity index (χ2v) is 6.77. The molecule has 2 saturated heterocycles. The molecule has 2 aliphatic heterocycles. The van der Waals surface area contributed by atoms with Crippen LogP contribution in [0.1, 0.15) is 23.8 Å². The summed E-state index contributed by atoms with van der Waals surface area (Å²) >= 11 is 7.77. The van der Waals surface area contributed by atoms with Crippen molar-refractivity contribution in [2.45, 2.75) is 18.2 Å². The lowest BCUT2D eigenvalue weighted by Gasteiger charge is -2.26. The fraction of sp³-hybridized carbons (Fsp3) is 0.467. The third kappa shape index (κ3) is 3.04. The van der Waals surface area contributed by atoms with Crippen molar-refractivity contribution in [1.29, 1.82) is 0 Å². The molecule has 3 rings (SSSR count). The lowest BCUT2D eigenvalue weighted by atomic mass is 10.2. The molecule has 2 aliphatic rings. The Morgan fingerprint density at radius 2 is 2.00 bits per heavy atom. The Bertz CT molecular complexity index is 560. The van der Waals surface area contributed by atoms with E-state index in [1.54, 1.807) is 4.90 Å². The van der Waals surface area contributed by atoms with Gasteiger partial charge in [0.1, 0.15) is 11.9 Å². The monoisotopic (exact) mass is 324 g/mol. The van der Waals surface area contributed by atoms with Crippen LogP contribution in [0.2, 0.25) is 5.02 Å². The smallest absolute Gasteiger partial charge is 0.242 e. The van der Waals surface area contributed by atoms with Crippen LogP contribution in [0, 0.1) is 0 Å². The molecule has 0 radical (unpaired) electrons. The standard InChI is InChI=1S/C15H17ClN2O2S/c16-12-6-2-1-5-11(12)15-18(14(20)10-21-15)9-13(19)17-7-3-4-8-17/h1-2,5-6,15H,3-4,7-10H2/t15-/m1/s1. The quantitative estimate of drug-likeness (QED) is 0.858. The first kappa shape index (κ1) is 14.7. The number of hydrogen-bond donors (Lipinski definition) is 0. The first-order valence-electron chi connectivity index (χ1n) is 7.10. The lowest BCUT2D eigenvalue weighted by Crippen LogP contribution is -2.40. The van der Waals surface area contributed by atoms with E-state index in [0.29, 0.717) is 10.8 Å². The SMILES string of the molecule is O=C(CN1C(=O)CS[C@@H]1c1ccccc1Cl)N1CCCC1. The second-order valence-electron chi connectivity index (χ2n) is 5.29. The maximum atomic E-state index is 12.3. The highest BCUT2D eigenvalue weighted by Gasteiger charge is 2.36. The van der Waals surface area contributed by atoms with Crippen molar-refractivity contribution in [3.05, 3.63) is 34.9 Å². The van der Waals surface area contributed by atoms with E-state index in [2.05, 4.69) is 0 Å². The fourth-order valence-electron chi connectivity index (χ4n) is 2.77. The molecule has 112 valence electrons. The van der Waals surface area contributed by atoms with Crippen molar-refractivity contribution < 1.29 is 9.59 Å². The zero-order chi connectivity index (χ0) is 14.8. The minimum absolute atomic E-state index is 0.0115. The number of carbonyl (C=O) groups is 2. The highest BCUT2D eigenvalue weighted by molar-refractivity contribution is 8.00. The number of likely N-dealkylation sites (tertiary alicyclic amines) is 1. The van der Waals surface area contributed by atoms with Gasteiger partial charge in [-0.3, -0.25) is 9.59 Å². The fourth-order valence-corrected chi connectivity index (χ4v) is 4.30. The second kappa shape index (κ2) is 6.28. The van der Waals surface area contributed by atoms with Crippen LogP contribution in [0.25, 0.3) is 0 Å². The molecule has 1 atom stereocenters. The van der Waals surface area contributed by atoms with E-state index in [1.807, 2.05) is 29.2 Å². The number of benzene rings is 1. The number of carbonyl (C=O) groups excluding carboxylic acids is 2. The van der Waals surface area contributed by atoms with Gasteiger partial charge in [0.15, 0.2) is 0 Å². The number of hydrogen-bond acceptors (Lipinski definition) is 3. The van der Waals surface area contributed by atoms with Gasteiger partial charge in [-0.15, -0.1) is 11.8 Å². The van der Waals surface area contributed by atoms with Crippen molar-refractivity contribution >= 4 is 35.2 Å². The van der Waals surface area contributed by atoms with Crippen LogP contribution in [0.5, 0.6) is 0 Å². The van der Waals surface area contributed by atoms with Gasteiger partial charge in [0.05, 0.1) is 5.75 Å². The van der Waals surface area contributed by atoms with Crippen molar-refractivity contribution in [1.82, 2.24) is 9.80 Å². The van der Waals surface area contributed by atoms with Gasteiger partial charge in [0.2, 0.25) is 11.8 Å². The minimum Gasteiger partial charge on any atom is -0.341 e. The summed E-state index contributed by atoms with van der Waals surface area (Å²) in [5.74, 6) is 0.460. The van der Waals surface area contributed by atoms with Crippen LogP contribution in [-0.2, 0) is 9.59 Å². The van der Waals surface area contributed by atoms with Gasteiger partial charge < -0.3 is 9.80 Å². The lowest BCUT2D eigenvalue weighted by molar-refractivity contribution is -0.138. The molecule has 0 saturated carbocycles. The molecule has 4 nitrogen and oxygen atoms in total. The molecule has 0 spiro atoms. The van der Waals surface area contributed by atoms with Crippen molar-refractivity contribution in [3.63, 3.8) is 0 Å². The zero-order valence-corrected chi connectivity index (χ0v) is 13.2. The molecule has 2 amide bonds. The Kier molecular flexibility index (Phi) is 4.40. The first-order chi connectivity index (χ1) is 10.2. The number of nitrogens with zero attached hydrogens (tertiary/aromatic N) is 2. The van der Waals surface area contributed by atoms with Crippen LogP contribution in [0.15, 0.2) is 24.3 Å². The summed E-state index contributed by atoms with van der Waals surface area (Å²) in [5, 5.41) is 0.487. The Morgan fingerprint density at radius 3 is 2.71 bits per heavy atom. The molecule has 2 fully saturated rings. The summed E-state index contributed by atoms with van der Waals surface area (Å²) < 4.78 is 0. The minimum atomic E-state index is -0.155. The predicted molar refractivity (Wildman–Crippen MR) is 84.2 cm³/mol. The number of halogens is 1. The number of amides is 2. The van der Waals surface area contributed by atoms with Crippen molar-refractivity contribution in [2.75, 3.05) is 25.4 Å². The Balaban J connectivity index is 1.76. The van der Waals surface area contributed by atoms with E-state index < -0.39 is 0 Å². The molecule has 0 aliphatic carbocycles. The van der Waals surface area contributed by atoms with Crippen LogP contribution < -0.4 is 0 Å². The maximum absolute atomic E-state index is 12.3. The van der Waals surface area contributed by atoms with Crippen molar-refractivity contribution in [2.24, 2.45) is 0 Å². The average Bonchev–Trinajstić information content (AvgIpc) is 3.11. The van der Waals surface area contributed by atoms with Crippen LogP contribution in [-0.4, -0.2) is 47.0 Å². The van der Waals surface area contributed by atoms with Gasteiger partial charge >= 0.3 is 0 Å². The maximum Gasteiger partial charge on any atom is 0.242 e. The van der Waals surface area contributed by atoms with E-state index in [4.69, 9.17) is 11.6 Å².